The summed E-state index contributed by atoms with van der Waals surface area (Å²) in [5, 5.41) is 4.02. The van der Waals surface area contributed by atoms with Crippen molar-refractivity contribution in [2.24, 2.45) is 0 Å². The van der Waals surface area contributed by atoms with Gasteiger partial charge in [0.15, 0.2) is 11.4 Å². The molecule has 3 rings (SSSR count). The van der Waals surface area contributed by atoms with E-state index in [-0.39, 0.29) is 11.9 Å². The van der Waals surface area contributed by atoms with Gasteiger partial charge in [0, 0.05) is 17.3 Å². The third-order valence-corrected chi connectivity index (χ3v) is 3.62. The Bertz CT molecular complexity index is 724. The number of aromatic nitrogens is 1. The van der Waals surface area contributed by atoms with E-state index < -0.39 is 0 Å². The average molecular weight is 284 g/mol. The van der Waals surface area contributed by atoms with E-state index in [1.807, 2.05) is 37.4 Å². The fourth-order valence-corrected chi connectivity index (χ4v) is 2.49. The summed E-state index contributed by atoms with van der Waals surface area (Å²) in [5.74, 6) is 0.437. The maximum Gasteiger partial charge on any atom is 0.169 e. The minimum absolute atomic E-state index is 0.0406. The highest BCUT2D eigenvalue weighted by atomic mass is 19.1. The van der Waals surface area contributed by atoms with Crippen LogP contribution in [0, 0.1) is 5.82 Å². The number of hydrogen-bond donors (Lipinski definition) is 1. The third kappa shape index (κ3) is 2.95. The smallest absolute Gasteiger partial charge is 0.169 e. The first-order valence-electron chi connectivity index (χ1n) is 7.03. The lowest BCUT2D eigenvalue weighted by Crippen LogP contribution is -2.16. The Kier molecular flexibility index (Phi) is 3.97. The van der Waals surface area contributed by atoms with Crippen molar-refractivity contribution in [3.63, 3.8) is 0 Å². The number of aryl methyl sites for hydroxylation is 1. The molecule has 108 valence electrons. The predicted molar refractivity (Wildman–Crippen MR) is 80.5 cm³/mol. The fourth-order valence-electron chi connectivity index (χ4n) is 2.49. The normalized spacial score (nSPS) is 12.7. The van der Waals surface area contributed by atoms with Gasteiger partial charge in [-0.3, -0.25) is 4.98 Å². The van der Waals surface area contributed by atoms with Gasteiger partial charge in [-0.15, -0.1) is 0 Å². The van der Waals surface area contributed by atoms with Crippen LogP contribution in [0.1, 0.15) is 23.9 Å². The Balaban J connectivity index is 1.80. The molecule has 0 saturated carbocycles. The lowest BCUT2D eigenvalue weighted by Gasteiger charge is -2.12. The summed E-state index contributed by atoms with van der Waals surface area (Å²) in [6, 6.07) is 12.8. The van der Waals surface area contributed by atoms with Gasteiger partial charge in [-0.2, -0.15) is 0 Å². The van der Waals surface area contributed by atoms with Gasteiger partial charge in [-0.1, -0.05) is 18.2 Å². The van der Waals surface area contributed by atoms with Gasteiger partial charge in [-0.25, -0.2) is 4.39 Å². The Hall–Kier alpha value is -2.20. The van der Waals surface area contributed by atoms with Gasteiger partial charge < -0.3 is 9.73 Å². The van der Waals surface area contributed by atoms with Gasteiger partial charge in [0.05, 0.1) is 6.04 Å². The number of nitrogens with one attached hydrogen (secondary N) is 1. The summed E-state index contributed by atoms with van der Waals surface area (Å²) < 4.78 is 19.4. The van der Waals surface area contributed by atoms with E-state index >= 15 is 0 Å². The molecule has 0 radical (unpaired) electrons. The fraction of sp³-hybridized carbons (Fsp3) is 0.235. The van der Waals surface area contributed by atoms with Crippen molar-refractivity contribution >= 4 is 11.0 Å². The predicted octanol–water partition coefficient (Wildman–Crippen LogP) is 3.86. The molecule has 2 aromatic heterocycles. The monoisotopic (exact) mass is 284 g/mol. The van der Waals surface area contributed by atoms with Crippen LogP contribution in [-0.2, 0) is 6.42 Å². The molecule has 1 unspecified atom stereocenters. The number of benzene rings is 1. The van der Waals surface area contributed by atoms with Crippen LogP contribution in [0.15, 0.2) is 53.1 Å². The second-order valence-corrected chi connectivity index (χ2v) is 5.01. The van der Waals surface area contributed by atoms with Crippen LogP contribution in [0.5, 0.6) is 0 Å². The van der Waals surface area contributed by atoms with E-state index in [0.717, 1.165) is 29.7 Å². The van der Waals surface area contributed by atoms with Gasteiger partial charge in [0.1, 0.15) is 5.76 Å². The molecule has 0 spiro atoms. The molecule has 1 aromatic carbocycles. The maximum absolute atomic E-state index is 13.7. The molecule has 0 saturated heterocycles. The summed E-state index contributed by atoms with van der Waals surface area (Å²) in [6.45, 7) is 0. The molecule has 0 aliphatic carbocycles. The number of hydrogen-bond acceptors (Lipinski definition) is 3. The molecule has 1 N–H and O–H groups in total. The largest absolute Gasteiger partial charge is 0.456 e. The number of halogens is 1. The summed E-state index contributed by atoms with van der Waals surface area (Å²) in [4.78, 5) is 4.32. The number of pyridine rings is 1. The molecule has 0 fully saturated rings. The molecular weight excluding hydrogens is 267 g/mol. The standard InChI is InChI=1S/C17H17FN2O/c1-19-15(9-8-13-6-2-3-10-20-13)16-11-12-5-4-7-14(18)17(12)21-16/h2-7,10-11,15,19H,8-9H2,1H3. The van der Waals surface area contributed by atoms with Crippen LogP contribution in [-0.4, -0.2) is 12.0 Å². The number of fused-ring (bicyclic) bond motifs is 1. The first-order valence-corrected chi connectivity index (χ1v) is 7.03. The topological polar surface area (TPSA) is 38.1 Å². The van der Waals surface area contributed by atoms with E-state index in [4.69, 9.17) is 4.42 Å². The zero-order valence-electron chi connectivity index (χ0n) is 11.8. The van der Waals surface area contributed by atoms with Crippen molar-refractivity contribution in [1.29, 1.82) is 0 Å². The quantitative estimate of drug-likeness (QED) is 0.773. The Labute approximate surface area is 122 Å². The molecule has 3 nitrogen and oxygen atoms in total. The molecule has 0 bridgehead atoms. The number of nitrogens with zero attached hydrogens (tertiary/aromatic N) is 1. The van der Waals surface area contributed by atoms with E-state index in [9.17, 15) is 4.39 Å². The highest BCUT2D eigenvalue weighted by Gasteiger charge is 2.16. The zero-order chi connectivity index (χ0) is 14.7. The van der Waals surface area contributed by atoms with Gasteiger partial charge in [-0.05, 0) is 44.2 Å². The highest BCUT2D eigenvalue weighted by molar-refractivity contribution is 5.78. The summed E-state index contributed by atoms with van der Waals surface area (Å²) >= 11 is 0. The first kappa shape index (κ1) is 13.8. The molecule has 21 heavy (non-hydrogen) atoms. The minimum Gasteiger partial charge on any atom is -0.456 e. The van der Waals surface area contributed by atoms with Crippen LogP contribution in [0.3, 0.4) is 0 Å². The van der Waals surface area contributed by atoms with Crippen LogP contribution in [0.25, 0.3) is 11.0 Å². The third-order valence-electron chi connectivity index (χ3n) is 3.62. The molecule has 3 aromatic rings. The van der Waals surface area contributed by atoms with Crippen molar-refractivity contribution in [3.05, 3.63) is 65.9 Å². The lowest BCUT2D eigenvalue weighted by atomic mass is 10.1. The number of furan rings is 1. The molecule has 1 atom stereocenters. The van der Waals surface area contributed by atoms with Gasteiger partial charge in [0.2, 0.25) is 0 Å². The van der Waals surface area contributed by atoms with E-state index in [1.54, 1.807) is 12.3 Å². The van der Waals surface area contributed by atoms with Crippen molar-refractivity contribution < 1.29 is 8.81 Å². The van der Waals surface area contributed by atoms with E-state index in [2.05, 4.69) is 10.3 Å². The van der Waals surface area contributed by atoms with Crippen LogP contribution < -0.4 is 5.32 Å². The maximum atomic E-state index is 13.7. The molecule has 2 heterocycles. The molecule has 0 aliphatic heterocycles. The van der Waals surface area contributed by atoms with Crippen molar-refractivity contribution in [2.75, 3.05) is 7.05 Å². The van der Waals surface area contributed by atoms with Crippen molar-refractivity contribution in [2.45, 2.75) is 18.9 Å². The van der Waals surface area contributed by atoms with E-state index in [0.29, 0.717) is 5.58 Å². The van der Waals surface area contributed by atoms with Gasteiger partial charge >= 0.3 is 0 Å². The molecule has 0 aliphatic rings. The van der Waals surface area contributed by atoms with Crippen molar-refractivity contribution in [3.8, 4) is 0 Å². The molecular formula is C17H17FN2O. The first-order chi connectivity index (χ1) is 10.3. The van der Waals surface area contributed by atoms with Crippen molar-refractivity contribution in [1.82, 2.24) is 10.3 Å². The zero-order valence-corrected chi connectivity index (χ0v) is 11.8. The minimum atomic E-state index is -0.321. The Morgan fingerprint density at radius 1 is 1.24 bits per heavy atom. The Morgan fingerprint density at radius 2 is 2.14 bits per heavy atom. The highest BCUT2D eigenvalue weighted by Crippen LogP contribution is 2.27. The van der Waals surface area contributed by atoms with Crippen LogP contribution in [0.2, 0.25) is 0 Å². The second kappa shape index (κ2) is 6.06. The van der Waals surface area contributed by atoms with Crippen LogP contribution in [0.4, 0.5) is 4.39 Å². The summed E-state index contributed by atoms with van der Waals surface area (Å²) in [7, 11) is 1.88. The van der Waals surface area contributed by atoms with Gasteiger partial charge in [0.25, 0.3) is 0 Å². The SMILES string of the molecule is CNC(CCc1ccccn1)c1cc2cccc(F)c2o1. The Morgan fingerprint density at radius 3 is 2.86 bits per heavy atom. The average Bonchev–Trinajstić information content (AvgIpc) is 2.94. The second-order valence-electron chi connectivity index (χ2n) is 5.01. The molecule has 0 amide bonds. The lowest BCUT2D eigenvalue weighted by molar-refractivity contribution is 0.425. The molecule has 4 heteroatoms. The van der Waals surface area contributed by atoms with E-state index in [1.165, 1.54) is 6.07 Å². The van der Waals surface area contributed by atoms with Crippen LogP contribution >= 0.6 is 0 Å². The summed E-state index contributed by atoms with van der Waals surface area (Å²) in [5.41, 5.74) is 1.37. The number of rotatable bonds is 5. The summed E-state index contributed by atoms with van der Waals surface area (Å²) in [6.07, 6.45) is 3.47. The number of para-hydroxylation sites is 1.